The highest BCUT2D eigenvalue weighted by atomic mass is 32.2. The van der Waals surface area contributed by atoms with Gasteiger partial charge in [0.2, 0.25) is 0 Å². The van der Waals surface area contributed by atoms with Crippen LogP contribution in [0.5, 0.6) is 0 Å². The van der Waals surface area contributed by atoms with Crippen LogP contribution in [0.3, 0.4) is 0 Å². The second kappa shape index (κ2) is 27.2. The molecule has 0 fully saturated rings. The number of hydrogen-bond donors (Lipinski definition) is 9. The lowest BCUT2D eigenvalue weighted by Gasteiger charge is -2.43. The number of aliphatic hydroxyl groups is 3. The number of nitrogens with two attached hydrogens (primary N) is 3. The maximum absolute atomic E-state index is 12.3. The predicted octanol–water partition coefficient (Wildman–Crippen LogP) is 0.643. The topological polar surface area (TPSA) is 268 Å². The quantitative estimate of drug-likeness (QED) is 0.0849. The summed E-state index contributed by atoms with van der Waals surface area (Å²) in [6.45, 7) is 8.56. The van der Waals surface area contributed by atoms with Gasteiger partial charge in [-0.15, -0.1) is 0 Å². The van der Waals surface area contributed by atoms with Gasteiger partial charge >= 0.3 is 11.9 Å². The van der Waals surface area contributed by atoms with E-state index in [0.717, 1.165) is 25.7 Å². The Morgan fingerprint density at radius 2 is 1.03 bits per heavy atom. The molecule has 0 rings (SSSR count). The van der Waals surface area contributed by atoms with E-state index in [0.29, 0.717) is 45.3 Å². The smallest absolute Gasteiger partial charge is 0.325 e. The molecule has 0 saturated carbocycles. The average molecular weight is 578 g/mol. The predicted molar refractivity (Wildman–Crippen MR) is 148 cm³/mol. The lowest BCUT2D eigenvalue weighted by Crippen LogP contribution is -2.58. The molecule has 0 aliphatic carbocycles. The van der Waals surface area contributed by atoms with E-state index in [1.165, 1.54) is 0 Å². The minimum Gasteiger partial charge on any atom is -0.481 e. The Bertz CT molecular complexity index is 634. The van der Waals surface area contributed by atoms with E-state index in [-0.39, 0.29) is 19.8 Å². The molecule has 0 amide bonds. The van der Waals surface area contributed by atoms with E-state index >= 15 is 0 Å². The summed E-state index contributed by atoms with van der Waals surface area (Å²) in [5, 5.41) is 40.4. The molecule has 0 bridgehead atoms. The number of unbranched alkanes of at least 4 members (excludes halogenated alkanes) is 4. The Morgan fingerprint density at radius 1 is 0.737 bits per heavy atom. The number of rotatable bonds is 17. The van der Waals surface area contributed by atoms with Gasteiger partial charge in [0.25, 0.3) is 10.1 Å². The van der Waals surface area contributed by atoms with Crippen LogP contribution in [0.2, 0.25) is 0 Å². The molecule has 0 radical (unpaired) electrons. The zero-order valence-corrected chi connectivity index (χ0v) is 24.4. The Kier molecular flexibility index (Phi) is 31.2. The van der Waals surface area contributed by atoms with Crippen molar-refractivity contribution in [3.05, 3.63) is 0 Å². The van der Waals surface area contributed by atoms with Gasteiger partial charge in [0.05, 0.1) is 19.8 Å². The highest BCUT2D eigenvalue weighted by Crippen LogP contribution is 2.47. The summed E-state index contributed by atoms with van der Waals surface area (Å²) in [5.41, 5.74) is 12.3. The van der Waals surface area contributed by atoms with Crippen molar-refractivity contribution in [3.8, 4) is 0 Å². The summed E-state index contributed by atoms with van der Waals surface area (Å²) in [4.78, 5) is 24.1. The van der Waals surface area contributed by atoms with E-state index in [9.17, 15) is 32.8 Å². The van der Waals surface area contributed by atoms with Crippen molar-refractivity contribution < 1.29 is 48.1 Å². The third-order valence-electron chi connectivity index (χ3n) is 5.83. The van der Waals surface area contributed by atoms with E-state index in [4.69, 9.17) is 32.5 Å². The van der Waals surface area contributed by atoms with Gasteiger partial charge < -0.3 is 42.7 Å². The van der Waals surface area contributed by atoms with Gasteiger partial charge in [-0.25, -0.2) is 0 Å². The first-order valence-electron chi connectivity index (χ1n) is 13.1. The van der Waals surface area contributed by atoms with Gasteiger partial charge in [0.15, 0.2) is 5.25 Å². The SMILES string of the molecule is CCCCCC(C)C(C(=O)O)(C(C)CCCCC)C(C(=O)O)S(=O)(=O)O.NCCO.NCCO.NCCO. The number of hydrogen-bond acceptors (Lipinski definition) is 10. The van der Waals surface area contributed by atoms with Gasteiger partial charge in [-0.2, -0.15) is 8.42 Å². The van der Waals surface area contributed by atoms with Gasteiger partial charge in [-0.05, 0) is 24.7 Å². The van der Waals surface area contributed by atoms with Crippen molar-refractivity contribution >= 4 is 22.1 Å². The maximum Gasteiger partial charge on any atom is 0.325 e. The van der Waals surface area contributed by atoms with Gasteiger partial charge in [0, 0.05) is 19.6 Å². The third-order valence-corrected chi connectivity index (χ3v) is 7.01. The van der Waals surface area contributed by atoms with E-state index < -0.39 is 44.6 Å². The van der Waals surface area contributed by atoms with Crippen LogP contribution >= 0.6 is 0 Å². The summed E-state index contributed by atoms with van der Waals surface area (Å²) in [6.07, 6.45) is 5.61. The minimum atomic E-state index is -5.10. The van der Waals surface area contributed by atoms with Crippen molar-refractivity contribution in [3.63, 3.8) is 0 Å². The van der Waals surface area contributed by atoms with Crippen molar-refractivity contribution in [1.82, 2.24) is 0 Å². The molecule has 13 nitrogen and oxygen atoms in total. The van der Waals surface area contributed by atoms with Crippen LogP contribution in [-0.4, -0.2) is 95.1 Å². The molecule has 0 aromatic heterocycles. The number of carbonyl (C=O) groups is 2. The Labute approximate surface area is 228 Å². The Balaban J connectivity index is -0.000000399. The molecule has 38 heavy (non-hydrogen) atoms. The molecule has 0 aromatic carbocycles. The van der Waals surface area contributed by atoms with Crippen molar-refractivity contribution in [1.29, 1.82) is 0 Å². The molecule has 0 spiro atoms. The fourth-order valence-electron chi connectivity index (χ4n) is 3.99. The first-order chi connectivity index (χ1) is 17.7. The van der Waals surface area contributed by atoms with Gasteiger partial charge in [-0.3, -0.25) is 14.1 Å². The molecule has 14 heteroatoms. The van der Waals surface area contributed by atoms with E-state index in [1.807, 2.05) is 13.8 Å². The van der Waals surface area contributed by atoms with Crippen molar-refractivity contribution in [2.45, 2.75) is 84.3 Å². The molecule has 0 saturated heterocycles. The number of carboxylic acid groups (broad SMARTS) is 2. The van der Waals surface area contributed by atoms with Crippen LogP contribution in [0, 0.1) is 17.3 Å². The molecule has 0 aliphatic heterocycles. The molecule has 232 valence electrons. The second-order valence-corrected chi connectivity index (χ2v) is 10.3. The Morgan fingerprint density at radius 3 is 1.18 bits per heavy atom. The van der Waals surface area contributed by atoms with Gasteiger partial charge in [-0.1, -0.05) is 66.2 Å². The summed E-state index contributed by atoms with van der Waals surface area (Å²) in [5.74, 6) is -4.73. The maximum atomic E-state index is 12.3. The molecule has 0 aliphatic rings. The zero-order valence-electron chi connectivity index (χ0n) is 23.6. The Hall–Kier alpha value is -1.39. The zero-order chi connectivity index (χ0) is 30.8. The molecule has 12 N–H and O–H groups in total. The number of carboxylic acids is 2. The highest BCUT2D eigenvalue weighted by Gasteiger charge is 2.61. The number of aliphatic carboxylic acids is 2. The van der Waals surface area contributed by atoms with Crippen LogP contribution in [-0.2, 0) is 19.7 Å². The van der Waals surface area contributed by atoms with Crippen LogP contribution in [0.25, 0.3) is 0 Å². The van der Waals surface area contributed by atoms with Crippen molar-refractivity contribution in [2.24, 2.45) is 34.5 Å². The molecule has 3 atom stereocenters. The van der Waals surface area contributed by atoms with Crippen LogP contribution in [0.4, 0.5) is 0 Å². The summed E-state index contributed by atoms with van der Waals surface area (Å²) in [6, 6.07) is 0. The summed E-state index contributed by atoms with van der Waals surface area (Å²) < 4.78 is 33.4. The van der Waals surface area contributed by atoms with E-state index in [2.05, 4.69) is 0 Å². The standard InChI is InChI=1S/C18H34O7S.3C2H7NO/c1-5-7-9-11-13(3)18(17(21)22,14(4)12-10-8-6-2)15(16(19)20)26(23,24)25;3*3-1-2-4/h13-15H,5-12H2,1-4H3,(H,19,20)(H,21,22)(H,23,24,25);3*4H,1-3H2. The summed E-state index contributed by atoms with van der Waals surface area (Å²) >= 11 is 0. The van der Waals surface area contributed by atoms with Crippen LogP contribution < -0.4 is 17.2 Å². The monoisotopic (exact) mass is 577 g/mol. The van der Waals surface area contributed by atoms with Crippen molar-refractivity contribution in [2.75, 3.05) is 39.5 Å². The minimum absolute atomic E-state index is 0.0972. The van der Waals surface area contributed by atoms with Crippen LogP contribution in [0.15, 0.2) is 0 Å². The lowest BCUT2D eigenvalue weighted by atomic mass is 9.62. The first kappa shape index (κ1) is 43.7. The average Bonchev–Trinajstić information content (AvgIpc) is 2.86. The number of aliphatic hydroxyl groups excluding tert-OH is 3. The largest absolute Gasteiger partial charge is 0.481 e. The third kappa shape index (κ3) is 18.8. The second-order valence-electron chi connectivity index (χ2n) is 8.80. The molecule has 0 heterocycles. The normalized spacial score (nSPS) is 14.6. The highest BCUT2D eigenvalue weighted by molar-refractivity contribution is 7.87. The fraction of sp³-hybridized carbons (Fsp3) is 0.917. The van der Waals surface area contributed by atoms with Crippen LogP contribution in [0.1, 0.15) is 79.1 Å². The lowest BCUT2D eigenvalue weighted by molar-refractivity contribution is -0.164. The first-order valence-corrected chi connectivity index (χ1v) is 14.6. The van der Waals surface area contributed by atoms with Gasteiger partial charge in [0.1, 0.15) is 5.41 Å². The molecule has 3 unspecified atom stereocenters. The van der Waals surface area contributed by atoms with E-state index in [1.54, 1.807) is 13.8 Å². The fourth-order valence-corrected chi connectivity index (χ4v) is 5.31. The molecule has 0 aromatic rings. The molecular formula is C24H55N3O10S. The summed E-state index contributed by atoms with van der Waals surface area (Å²) in [7, 11) is -5.10. The molecular weight excluding hydrogens is 522 g/mol.